The lowest BCUT2D eigenvalue weighted by Crippen LogP contribution is -2.28. The monoisotopic (exact) mass is 595 g/mol. The van der Waals surface area contributed by atoms with Crippen molar-refractivity contribution in [1.82, 2.24) is 9.55 Å². The zero-order valence-electron chi connectivity index (χ0n) is 24.2. The summed E-state index contributed by atoms with van der Waals surface area (Å²) < 4.78 is 28.2. The first-order valence-electron chi connectivity index (χ1n) is 12.7. The van der Waals surface area contributed by atoms with E-state index in [-0.39, 0.29) is 16.4 Å². The molecule has 0 spiro atoms. The third-order valence-electron chi connectivity index (χ3n) is 6.10. The molecule has 11 nitrogen and oxygen atoms in total. The van der Waals surface area contributed by atoms with Crippen LogP contribution in [0.5, 0.6) is 17.2 Å². The van der Waals surface area contributed by atoms with E-state index in [1.54, 1.807) is 63.2 Å². The van der Waals surface area contributed by atoms with E-state index in [0.717, 1.165) is 0 Å². The predicted molar refractivity (Wildman–Crippen MR) is 159 cm³/mol. The van der Waals surface area contributed by atoms with Crippen LogP contribution in [-0.4, -0.2) is 55.7 Å². The van der Waals surface area contributed by atoms with E-state index in [9.17, 15) is 14.4 Å². The first-order chi connectivity index (χ1) is 19.9. The highest BCUT2D eigenvalue weighted by atomic mass is 35.5. The molecule has 1 amide bonds. The smallest absolute Gasteiger partial charge is 0.412 e. The molecule has 4 aromatic rings. The first-order valence-corrected chi connectivity index (χ1v) is 13.0. The van der Waals surface area contributed by atoms with Crippen molar-refractivity contribution in [3.8, 4) is 34.1 Å². The Hall–Kier alpha value is -4.77. The molecule has 0 unspecified atom stereocenters. The van der Waals surface area contributed by atoms with Gasteiger partial charge in [-0.1, -0.05) is 11.6 Å². The van der Waals surface area contributed by atoms with Crippen molar-refractivity contribution < 1.29 is 33.3 Å². The van der Waals surface area contributed by atoms with Gasteiger partial charge >= 0.3 is 12.1 Å². The molecule has 0 aliphatic rings. The van der Waals surface area contributed by atoms with Crippen molar-refractivity contribution in [1.29, 1.82) is 0 Å². The second-order valence-corrected chi connectivity index (χ2v) is 10.4. The van der Waals surface area contributed by atoms with Gasteiger partial charge < -0.3 is 23.7 Å². The van der Waals surface area contributed by atoms with Gasteiger partial charge in [0.1, 0.15) is 22.0 Å². The quantitative estimate of drug-likeness (QED) is 0.206. The Morgan fingerprint density at radius 2 is 1.52 bits per heavy atom. The summed E-state index contributed by atoms with van der Waals surface area (Å²) in [5.74, 6) is 0.208. The Kier molecular flexibility index (Phi) is 8.62. The van der Waals surface area contributed by atoms with Crippen LogP contribution in [0.3, 0.4) is 0 Å². The topological polar surface area (TPSA) is 127 Å². The fraction of sp³-hybridized carbons (Fsp3) is 0.267. The highest BCUT2D eigenvalue weighted by molar-refractivity contribution is 6.30. The molecule has 0 aliphatic carbocycles. The Labute approximate surface area is 246 Å². The summed E-state index contributed by atoms with van der Waals surface area (Å²) in [6, 6.07) is 12.7. The fourth-order valence-corrected chi connectivity index (χ4v) is 4.56. The van der Waals surface area contributed by atoms with Crippen LogP contribution in [0.15, 0.2) is 53.3 Å². The number of nitrogens with zero attached hydrogens (tertiary/aromatic N) is 2. The molecule has 0 aliphatic heterocycles. The zero-order chi connectivity index (χ0) is 30.8. The van der Waals surface area contributed by atoms with Gasteiger partial charge in [-0.2, -0.15) is 0 Å². The number of pyridine rings is 2. The van der Waals surface area contributed by atoms with Crippen molar-refractivity contribution in [2.75, 3.05) is 33.8 Å². The average Bonchev–Trinajstić information content (AvgIpc) is 2.95. The summed E-state index contributed by atoms with van der Waals surface area (Å²) in [7, 11) is 5.63. The number of carbonyl (C=O) groups is 2. The molecule has 1 N–H and O–H groups in total. The number of fused-ring (bicyclic) bond motifs is 1. The van der Waals surface area contributed by atoms with Crippen LogP contribution in [0.4, 0.5) is 10.5 Å². The average molecular weight is 596 g/mol. The minimum Gasteiger partial charge on any atom is -0.493 e. The fourth-order valence-electron chi connectivity index (χ4n) is 4.42. The molecule has 220 valence electrons. The molecular formula is C30H30ClN3O8. The number of anilines is 1. The van der Waals surface area contributed by atoms with Gasteiger partial charge in [0.05, 0.1) is 28.4 Å². The maximum absolute atomic E-state index is 13.9. The molecule has 0 bridgehead atoms. The summed E-state index contributed by atoms with van der Waals surface area (Å²) in [6.45, 7) is 5.26. The summed E-state index contributed by atoms with van der Waals surface area (Å²) >= 11 is 6.21. The number of hydrogen-bond donors (Lipinski definition) is 1. The number of carbonyl (C=O) groups excluding carboxylic acids is 2. The van der Waals surface area contributed by atoms with Gasteiger partial charge in [0.2, 0.25) is 5.75 Å². The van der Waals surface area contributed by atoms with Crippen molar-refractivity contribution in [3.63, 3.8) is 0 Å². The number of aromatic nitrogens is 2. The largest absolute Gasteiger partial charge is 0.493 e. The van der Waals surface area contributed by atoms with E-state index in [0.29, 0.717) is 45.1 Å². The Morgan fingerprint density at radius 3 is 2.05 bits per heavy atom. The molecule has 0 atom stereocenters. The number of nitrogens with one attached hydrogen (secondary N) is 1. The van der Waals surface area contributed by atoms with Crippen LogP contribution >= 0.6 is 11.6 Å². The molecule has 2 aromatic heterocycles. The lowest BCUT2D eigenvalue weighted by molar-refractivity contribution is 0.0589. The van der Waals surface area contributed by atoms with Gasteiger partial charge in [-0.05, 0) is 74.9 Å². The van der Waals surface area contributed by atoms with Gasteiger partial charge in [-0.25, -0.2) is 14.6 Å². The standard InChI is InChI=1S/C30H30ClN3O8/c1-30(2,3)42-29(37)32-17-8-10-18(11-9-17)34-25(28(36)41-7)23(19-12-13-22(31)33-24(19)27(34)35)16-14-20(38-4)26(40-6)21(15-16)39-5/h8-15H,1-7H3,(H,32,37). The molecule has 0 radical (unpaired) electrons. The molecule has 42 heavy (non-hydrogen) atoms. The summed E-state index contributed by atoms with van der Waals surface area (Å²) in [4.78, 5) is 44.0. The number of rotatable bonds is 7. The molecule has 12 heteroatoms. The maximum Gasteiger partial charge on any atom is 0.412 e. The lowest BCUT2D eigenvalue weighted by atomic mass is 9.97. The highest BCUT2D eigenvalue weighted by Gasteiger charge is 2.28. The van der Waals surface area contributed by atoms with E-state index >= 15 is 0 Å². The number of benzene rings is 2. The van der Waals surface area contributed by atoms with E-state index in [1.807, 2.05) is 0 Å². The minimum atomic E-state index is -0.788. The lowest BCUT2D eigenvalue weighted by Gasteiger charge is -2.21. The van der Waals surface area contributed by atoms with Crippen LogP contribution in [0, 0.1) is 0 Å². The molecule has 2 heterocycles. The molecule has 0 fully saturated rings. The number of methoxy groups -OCH3 is 4. The normalized spacial score (nSPS) is 11.1. The Morgan fingerprint density at radius 1 is 0.905 bits per heavy atom. The predicted octanol–water partition coefficient (Wildman–Crippen LogP) is 5.87. The van der Waals surface area contributed by atoms with E-state index < -0.39 is 23.2 Å². The molecule has 2 aromatic carbocycles. The van der Waals surface area contributed by atoms with Crippen molar-refractivity contribution >= 4 is 40.3 Å². The third-order valence-corrected chi connectivity index (χ3v) is 6.31. The van der Waals surface area contributed by atoms with E-state index in [2.05, 4.69) is 10.3 Å². The van der Waals surface area contributed by atoms with Crippen LogP contribution < -0.4 is 25.1 Å². The summed E-state index contributed by atoms with van der Waals surface area (Å²) in [5.41, 5.74) is 0.106. The van der Waals surface area contributed by atoms with Crippen molar-refractivity contribution in [2.45, 2.75) is 26.4 Å². The number of amides is 1. The van der Waals surface area contributed by atoms with Gasteiger partial charge in [-0.15, -0.1) is 0 Å². The maximum atomic E-state index is 13.9. The number of ether oxygens (including phenoxy) is 5. The SMILES string of the molecule is COC(=O)c1c(-c2cc(OC)c(OC)c(OC)c2)c2ccc(Cl)nc2c(=O)n1-c1ccc(NC(=O)OC(C)(C)C)cc1. The van der Waals surface area contributed by atoms with Gasteiger partial charge in [-0.3, -0.25) is 14.7 Å². The zero-order valence-corrected chi connectivity index (χ0v) is 24.9. The van der Waals surface area contributed by atoms with Crippen LogP contribution in [-0.2, 0) is 9.47 Å². The summed E-state index contributed by atoms with van der Waals surface area (Å²) in [5, 5.41) is 3.07. The molecule has 0 saturated carbocycles. The second kappa shape index (κ2) is 12.0. The van der Waals surface area contributed by atoms with Crippen molar-refractivity contribution in [3.05, 3.63) is 69.7 Å². The molecule has 4 rings (SSSR count). The number of hydrogen-bond acceptors (Lipinski definition) is 9. The minimum absolute atomic E-state index is 0.00913. The molecular weight excluding hydrogens is 566 g/mol. The Bertz CT molecular complexity index is 1700. The second-order valence-electron chi connectivity index (χ2n) is 9.97. The first kappa shape index (κ1) is 30.2. The highest BCUT2D eigenvalue weighted by Crippen LogP contribution is 2.43. The Balaban J connectivity index is 2.03. The number of esters is 1. The van der Waals surface area contributed by atoms with Crippen LogP contribution in [0.1, 0.15) is 31.3 Å². The van der Waals surface area contributed by atoms with Gasteiger partial charge in [0, 0.05) is 22.3 Å². The van der Waals surface area contributed by atoms with E-state index in [1.165, 1.54) is 39.1 Å². The third kappa shape index (κ3) is 5.96. The van der Waals surface area contributed by atoms with Crippen LogP contribution in [0.2, 0.25) is 5.15 Å². The van der Waals surface area contributed by atoms with E-state index in [4.69, 9.17) is 35.3 Å². The van der Waals surface area contributed by atoms with Crippen molar-refractivity contribution in [2.24, 2.45) is 0 Å². The van der Waals surface area contributed by atoms with Gasteiger partial charge in [0.25, 0.3) is 5.56 Å². The van der Waals surface area contributed by atoms with Gasteiger partial charge in [0.15, 0.2) is 11.5 Å². The number of halogens is 1. The molecule has 0 saturated heterocycles. The summed E-state index contributed by atoms with van der Waals surface area (Å²) in [6.07, 6.45) is -0.642. The van der Waals surface area contributed by atoms with Crippen LogP contribution in [0.25, 0.3) is 27.7 Å².